The molecule has 0 saturated carbocycles. The number of aromatic nitrogens is 2. The van der Waals surface area contributed by atoms with E-state index in [2.05, 4.69) is 31.0 Å². The smallest absolute Gasteiger partial charge is 0.298 e. The number of benzene rings is 1. The molecule has 1 N–H and O–H groups in total. The summed E-state index contributed by atoms with van der Waals surface area (Å²) in [5.41, 5.74) is 5.44. The Morgan fingerprint density at radius 1 is 1.21 bits per heavy atom. The first kappa shape index (κ1) is 12.4. The second kappa shape index (κ2) is 4.46. The van der Waals surface area contributed by atoms with Gasteiger partial charge in [-0.3, -0.25) is 9.55 Å². The van der Waals surface area contributed by atoms with E-state index in [9.17, 15) is 4.79 Å². The van der Waals surface area contributed by atoms with Crippen molar-refractivity contribution in [3.05, 3.63) is 55.7 Å². The van der Waals surface area contributed by atoms with Gasteiger partial charge in [-0.05, 0) is 56.4 Å². The lowest BCUT2D eigenvalue weighted by molar-refractivity contribution is 0.823. The fourth-order valence-corrected chi connectivity index (χ4v) is 3.02. The molecule has 3 rings (SSSR count). The molecule has 1 aliphatic carbocycles. The Hall–Kier alpha value is -1.68. The van der Waals surface area contributed by atoms with Crippen LogP contribution in [0.3, 0.4) is 0 Å². The Labute approximate surface area is 116 Å². The Kier molecular flexibility index (Phi) is 2.90. The van der Waals surface area contributed by atoms with E-state index in [1.807, 2.05) is 6.07 Å². The number of nitrogens with one attached hydrogen (secondary N) is 1. The van der Waals surface area contributed by atoms with Gasteiger partial charge >= 0.3 is 5.69 Å². The summed E-state index contributed by atoms with van der Waals surface area (Å²) in [5.74, 6) is 0. The maximum Gasteiger partial charge on any atom is 0.331 e. The van der Waals surface area contributed by atoms with Gasteiger partial charge in [-0.2, -0.15) is 0 Å². The summed E-state index contributed by atoms with van der Waals surface area (Å²) in [6.45, 7) is 4.14. The lowest BCUT2D eigenvalue weighted by atomic mass is 10.1. The minimum absolute atomic E-state index is 0.131. The molecule has 1 aromatic heterocycles. The van der Waals surface area contributed by atoms with Gasteiger partial charge in [0.2, 0.25) is 0 Å². The SMILES string of the molecule is Cc1ccc(-n2c3c(c(=S)[nH]c2=O)CCC3)cc1C. The molecule has 3 nitrogen and oxygen atoms in total. The van der Waals surface area contributed by atoms with Gasteiger partial charge in [-0.25, -0.2) is 4.79 Å². The van der Waals surface area contributed by atoms with Gasteiger partial charge in [-0.15, -0.1) is 0 Å². The molecular weight excluding hydrogens is 256 g/mol. The lowest BCUT2D eigenvalue weighted by Crippen LogP contribution is -2.25. The molecule has 0 aliphatic heterocycles. The van der Waals surface area contributed by atoms with Crippen LogP contribution in [0.1, 0.15) is 28.8 Å². The molecule has 1 aliphatic rings. The van der Waals surface area contributed by atoms with E-state index in [4.69, 9.17) is 12.2 Å². The van der Waals surface area contributed by atoms with Crippen LogP contribution in [-0.4, -0.2) is 9.55 Å². The Balaban J connectivity index is 2.32. The number of rotatable bonds is 1. The first-order valence-corrected chi connectivity index (χ1v) is 6.93. The van der Waals surface area contributed by atoms with Crippen LogP contribution < -0.4 is 5.69 Å². The monoisotopic (exact) mass is 272 g/mol. The quantitative estimate of drug-likeness (QED) is 0.810. The van der Waals surface area contributed by atoms with Gasteiger partial charge in [0.15, 0.2) is 0 Å². The molecule has 0 spiro atoms. The molecule has 0 saturated heterocycles. The van der Waals surface area contributed by atoms with Gasteiger partial charge in [-0.1, -0.05) is 18.3 Å². The Morgan fingerprint density at radius 2 is 2.00 bits per heavy atom. The zero-order chi connectivity index (χ0) is 13.6. The van der Waals surface area contributed by atoms with E-state index >= 15 is 0 Å². The number of aryl methyl sites for hydroxylation is 2. The van der Waals surface area contributed by atoms with E-state index in [0.717, 1.165) is 36.2 Å². The minimum Gasteiger partial charge on any atom is -0.298 e. The third-order valence-electron chi connectivity index (χ3n) is 3.90. The van der Waals surface area contributed by atoms with E-state index in [0.29, 0.717) is 4.64 Å². The number of aromatic amines is 1. The third-order valence-corrected chi connectivity index (χ3v) is 4.25. The van der Waals surface area contributed by atoms with E-state index in [1.165, 1.54) is 11.1 Å². The van der Waals surface area contributed by atoms with Crippen LogP contribution >= 0.6 is 12.2 Å². The highest BCUT2D eigenvalue weighted by molar-refractivity contribution is 7.71. The molecule has 4 heteroatoms. The molecule has 0 radical (unpaired) electrons. The van der Waals surface area contributed by atoms with Crippen LogP contribution in [-0.2, 0) is 12.8 Å². The van der Waals surface area contributed by atoms with Gasteiger partial charge < -0.3 is 0 Å². The summed E-state index contributed by atoms with van der Waals surface area (Å²) < 4.78 is 2.39. The Morgan fingerprint density at radius 3 is 2.74 bits per heavy atom. The second-order valence-electron chi connectivity index (χ2n) is 5.14. The van der Waals surface area contributed by atoms with Crippen molar-refractivity contribution in [3.63, 3.8) is 0 Å². The number of nitrogens with zero attached hydrogens (tertiary/aromatic N) is 1. The van der Waals surface area contributed by atoms with Crippen LogP contribution in [0.15, 0.2) is 23.0 Å². The average molecular weight is 272 g/mol. The molecule has 0 bridgehead atoms. The van der Waals surface area contributed by atoms with Gasteiger partial charge in [0.05, 0.1) is 5.69 Å². The average Bonchev–Trinajstić information content (AvgIpc) is 2.83. The highest BCUT2D eigenvalue weighted by Crippen LogP contribution is 2.23. The van der Waals surface area contributed by atoms with E-state index in [-0.39, 0.29) is 5.69 Å². The summed E-state index contributed by atoms with van der Waals surface area (Å²) in [5, 5.41) is 0. The zero-order valence-corrected chi connectivity index (χ0v) is 11.9. The van der Waals surface area contributed by atoms with Crippen molar-refractivity contribution in [2.24, 2.45) is 0 Å². The minimum atomic E-state index is -0.131. The number of hydrogen-bond acceptors (Lipinski definition) is 2. The molecular formula is C15H16N2OS. The molecule has 0 fully saturated rings. The van der Waals surface area contributed by atoms with Crippen LogP contribution in [0.25, 0.3) is 5.69 Å². The van der Waals surface area contributed by atoms with Crippen LogP contribution in [0, 0.1) is 18.5 Å². The number of H-pyrrole nitrogens is 1. The fraction of sp³-hybridized carbons (Fsp3) is 0.333. The van der Waals surface area contributed by atoms with Crippen molar-refractivity contribution in [1.29, 1.82) is 0 Å². The molecule has 2 aromatic rings. The summed E-state index contributed by atoms with van der Waals surface area (Å²) in [7, 11) is 0. The van der Waals surface area contributed by atoms with Crippen LogP contribution in [0.5, 0.6) is 0 Å². The van der Waals surface area contributed by atoms with Gasteiger partial charge in [0.1, 0.15) is 4.64 Å². The molecule has 1 heterocycles. The molecule has 0 unspecified atom stereocenters. The normalized spacial score (nSPS) is 13.6. The summed E-state index contributed by atoms with van der Waals surface area (Å²) >= 11 is 5.25. The van der Waals surface area contributed by atoms with Crippen LogP contribution in [0.4, 0.5) is 0 Å². The molecule has 1 aromatic carbocycles. The standard InChI is InChI=1S/C15H16N2OS/c1-9-6-7-11(8-10(9)2)17-13-5-3-4-12(13)14(19)16-15(17)18/h6-8H,3-5H2,1-2H3,(H,16,18,19). The number of fused-ring (bicyclic) bond motifs is 1. The van der Waals surface area contributed by atoms with Crippen molar-refractivity contribution in [1.82, 2.24) is 9.55 Å². The lowest BCUT2D eigenvalue weighted by Gasteiger charge is -2.13. The summed E-state index contributed by atoms with van der Waals surface area (Å²) in [4.78, 5) is 15.0. The first-order valence-electron chi connectivity index (χ1n) is 6.52. The highest BCUT2D eigenvalue weighted by Gasteiger charge is 2.19. The predicted molar refractivity (Wildman–Crippen MR) is 78.7 cm³/mol. The van der Waals surface area contributed by atoms with Gasteiger partial charge in [0.25, 0.3) is 0 Å². The van der Waals surface area contributed by atoms with Crippen molar-refractivity contribution in [2.45, 2.75) is 33.1 Å². The highest BCUT2D eigenvalue weighted by atomic mass is 32.1. The van der Waals surface area contributed by atoms with Crippen molar-refractivity contribution in [2.75, 3.05) is 0 Å². The Bertz CT molecular complexity index is 771. The first-order chi connectivity index (χ1) is 9.08. The maximum absolute atomic E-state index is 12.2. The van der Waals surface area contributed by atoms with Crippen molar-refractivity contribution < 1.29 is 0 Å². The maximum atomic E-state index is 12.2. The van der Waals surface area contributed by atoms with Crippen molar-refractivity contribution >= 4 is 12.2 Å². The van der Waals surface area contributed by atoms with E-state index < -0.39 is 0 Å². The number of hydrogen-bond donors (Lipinski definition) is 1. The fourth-order valence-electron chi connectivity index (χ4n) is 2.71. The summed E-state index contributed by atoms with van der Waals surface area (Å²) in [6.07, 6.45) is 2.96. The summed E-state index contributed by atoms with van der Waals surface area (Å²) in [6, 6.07) is 6.12. The topological polar surface area (TPSA) is 37.8 Å². The predicted octanol–water partition coefficient (Wildman–Crippen LogP) is 3.00. The van der Waals surface area contributed by atoms with Crippen molar-refractivity contribution in [3.8, 4) is 5.69 Å². The molecule has 0 atom stereocenters. The molecule has 19 heavy (non-hydrogen) atoms. The largest absolute Gasteiger partial charge is 0.331 e. The zero-order valence-electron chi connectivity index (χ0n) is 11.1. The third kappa shape index (κ3) is 1.96. The van der Waals surface area contributed by atoms with E-state index in [1.54, 1.807) is 4.57 Å². The van der Waals surface area contributed by atoms with Crippen LogP contribution in [0.2, 0.25) is 0 Å². The molecule has 0 amide bonds. The second-order valence-corrected chi connectivity index (χ2v) is 5.55. The van der Waals surface area contributed by atoms with Gasteiger partial charge in [0, 0.05) is 11.3 Å². The molecule has 98 valence electrons.